The molecule has 4 fully saturated rings. The van der Waals surface area contributed by atoms with Gasteiger partial charge in [0.15, 0.2) is 11.5 Å². The van der Waals surface area contributed by atoms with E-state index in [2.05, 4.69) is 12.2 Å². The maximum Gasteiger partial charge on any atom is 0.251 e. The highest BCUT2D eigenvalue weighted by atomic mass is 16.5. The number of methoxy groups -OCH3 is 1. The van der Waals surface area contributed by atoms with E-state index in [1.807, 2.05) is 19.1 Å². The number of nitrogens with one attached hydrogen (secondary N) is 1. The van der Waals surface area contributed by atoms with Gasteiger partial charge in [-0.3, -0.25) is 4.79 Å². The molecule has 26 heavy (non-hydrogen) atoms. The Bertz CT molecular complexity index is 649. The molecule has 0 spiro atoms. The highest BCUT2D eigenvalue weighted by Gasteiger charge is 2.53. The van der Waals surface area contributed by atoms with Gasteiger partial charge in [-0.25, -0.2) is 0 Å². The van der Waals surface area contributed by atoms with Crippen LogP contribution in [0.1, 0.15) is 62.7 Å². The number of carbonyl (C=O) groups excluding carboxylic acids is 1. The van der Waals surface area contributed by atoms with E-state index < -0.39 is 0 Å². The van der Waals surface area contributed by atoms with E-state index in [1.54, 1.807) is 13.2 Å². The molecule has 4 heteroatoms. The van der Waals surface area contributed by atoms with E-state index in [9.17, 15) is 4.79 Å². The minimum Gasteiger partial charge on any atom is -0.493 e. The first-order chi connectivity index (χ1) is 12.5. The fraction of sp³-hybridized carbons (Fsp3) is 0.682. The Kier molecular flexibility index (Phi) is 4.62. The first-order valence-electron chi connectivity index (χ1n) is 10.1. The molecule has 1 aromatic carbocycles. The van der Waals surface area contributed by atoms with Crippen molar-refractivity contribution in [1.82, 2.24) is 5.32 Å². The number of hydrogen-bond acceptors (Lipinski definition) is 3. The second-order valence-corrected chi connectivity index (χ2v) is 8.77. The highest BCUT2D eigenvalue weighted by molar-refractivity contribution is 5.95. The van der Waals surface area contributed by atoms with Crippen LogP contribution < -0.4 is 14.8 Å². The van der Waals surface area contributed by atoms with Crippen molar-refractivity contribution in [1.29, 1.82) is 0 Å². The third kappa shape index (κ3) is 3.08. The first-order valence-corrected chi connectivity index (χ1v) is 10.1. The fourth-order valence-electron chi connectivity index (χ4n) is 6.22. The van der Waals surface area contributed by atoms with Gasteiger partial charge in [0.05, 0.1) is 13.7 Å². The largest absolute Gasteiger partial charge is 0.493 e. The van der Waals surface area contributed by atoms with E-state index in [4.69, 9.17) is 9.47 Å². The van der Waals surface area contributed by atoms with Gasteiger partial charge in [-0.15, -0.1) is 0 Å². The lowest BCUT2D eigenvalue weighted by Gasteiger charge is -2.59. The minimum absolute atomic E-state index is 0.00501. The van der Waals surface area contributed by atoms with Crippen LogP contribution in [-0.4, -0.2) is 25.7 Å². The fourth-order valence-corrected chi connectivity index (χ4v) is 6.22. The molecule has 4 aliphatic carbocycles. The molecular weight excluding hydrogens is 326 g/mol. The van der Waals surface area contributed by atoms with Crippen molar-refractivity contribution in [3.8, 4) is 11.5 Å². The summed E-state index contributed by atoms with van der Waals surface area (Å²) >= 11 is 0. The smallest absolute Gasteiger partial charge is 0.251 e. The zero-order valence-electron chi connectivity index (χ0n) is 16.2. The van der Waals surface area contributed by atoms with Gasteiger partial charge in [-0.2, -0.15) is 0 Å². The standard InChI is InChI=1S/C22H31NO3/c1-4-26-19-6-5-18(10-20(19)25-3)21(24)23-14(2)22-11-15-7-16(12-22)9-17(8-15)13-22/h5-6,10,14-17H,4,7-9,11-13H2,1-3H3,(H,23,24). The molecule has 1 aromatic rings. The van der Waals surface area contributed by atoms with Gasteiger partial charge in [0.2, 0.25) is 0 Å². The Balaban J connectivity index is 1.48. The Morgan fingerprint density at radius 1 is 1.15 bits per heavy atom. The maximum absolute atomic E-state index is 12.9. The van der Waals surface area contributed by atoms with E-state index in [1.165, 1.54) is 38.5 Å². The molecule has 0 saturated heterocycles. The molecule has 0 radical (unpaired) electrons. The van der Waals surface area contributed by atoms with Crippen LogP contribution in [0.4, 0.5) is 0 Å². The lowest BCUT2D eigenvalue weighted by atomic mass is 9.48. The van der Waals surface area contributed by atoms with E-state index in [0.29, 0.717) is 29.1 Å². The predicted octanol–water partition coefficient (Wildman–Crippen LogP) is 4.43. The van der Waals surface area contributed by atoms with Crippen molar-refractivity contribution in [3.05, 3.63) is 23.8 Å². The van der Waals surface area contributed by atoms with Crippen LogP contribution in [0.2, 0.25) is 0 Å². The topological polar surface area (TPSA) is 47.6 Å². The Morgan fingerprint density at radius 3 is 2.31 bits per heavy atom. The van der Waals surface area contributed by atoms with Crippen molar-refractivity contribution in [2.75, 3.05) is 13.7 Å². The first kappa shape index (κ1) is 17.7. The van der Waals surface area contributed by atoms with Gasteiger partial charge in [-0.1, -0.05) is 0 Å². The second-order valence-electron chi connectivity index (χ2n) is 8.77. The number of ether oxygens (including phenoxy) is 2. The summed E-state index contributed by atoms with van der Waals surface area (Å²) in [5.74, 6) is 3.97. The number of carbonyl (C=O) groups is 1. The molecule has 0 aliphatic heterocycles. The second kappa shape index (κ2) is 6.79. The van der Waals surface area contributed by atoms with Crippen LogP contribution in [0.5, 0.6) is 11.5 Å². The van der Waals surface area contributed by atoms with Crippen LogP contribution in [0.25, 0.3) is 0 Å². The number of hydrogen-bond donors (Lipinski definition) is 1. The normalized spacial score (nSPS) is 33.0. The van der Waals surface area contributed by atoms with Crippen LogP contribution in [0.3, 0.4) is 0 Å². The van der Waals surface area contributed by atoms with Crippen molar-refractivity contribution in [2.24, 2.45) is 23.2 Å². The summed E-state index contributed by atoms with van der Waals surface area (Å²) in [5, 5.41) is 3.32. The van der Waals surface area contributed by atoms with Gasteiger partial charge < -0.3 is 14.8 Å². The molecule has 1 N–H and O–H groups in total. The molecule has 0 heterocycles. The summed E-state index contributed by atoms with van der Waals surface area (Å²) in [7, 11) is 1.61. The van der Waals surface area contributed by atoms with Gasteiger partial charge in [0.25, 0.3) is 5.91 Å². The van der Waals surface area contributed by atoms with Crippen molar-refractivity contribution >= 4 is 5.91 Å². The van der Waals surface area contributed by atoms with Crippen molar-refractivity contribution in [3.63, 3.8) is 0 Å². The van der Waals surface area contributed by atoms with Crippen molar-refractivity contribution < 1.29 is 14.3 Å². The predicted molar refractivity (Wildman–Crippen MR) is 102 cm³/mol. The van der Waals surface area contributed by atoms with E-state index in [-0.39, 0.29) is 11.9 Å². The number of amides is 1. The van der Waals surface area contributed by atoms with Crippen LogP contribution in [0.15, 0.2) is 18.2 Å². The van der Waals surface area contributed by atoms with Crippen LogP contribution in [0, 0.1) is 23.2 Å². The summed E-state index contributed by atoms with van der Waals surface area (Å²) in [5.41, 5.74) is 0.960. The Hall–Kier alpha value is -1.71. The molecule has 4 aliphatic rings. The average molecular weight is 357 g/mol. The van der Waals surface area contributed by atoms with Crippen LogP contribution >= 0.6 is 0 Å². The zero-order chi connectivity index (χ0) is 18.3. The molecule has 4 nitrogen and oxygen atoms in total. The summed E-state index contributed by atoms with van der Waals surface area (Å²) in [6, 6.07) is 5.66. The lowest BCUT2D eigenvalue weighted by Crippen LogP contribution is -2.55. The number of benzene rings is 1. The zero-order valence-corrected chi connectivity index (χ0v) is 16.2. The lowest BCUT2D eigenvalue weighted by molar-refractivity contribution is -0.0688. The van der Waals surface area contributed by atoms with Gasteiger partial charge in [-0.05, 0) is 93.7 Å². The van der Waals surface area contributed by atoms with Gasteiger partial charge in [0, 0.05) is 11.6 Å². The SMILES string of the molecule is CCOc1ccc(C(=O)NC(C)C23CC4CC(CC(C4)C2)C3)cc1OC. The summed E-state index contributed by atoms with van der Waals surface area (Å²) in [6.07, 6.45) is 8.18. The van der Waals surface area contributed by atoms with E-state index >= 15 is 0 Å². The molecule has 1 amide bonds. The Labute approximate surface area is 156 Å². The summed E-state index contributed by atoms with van der Waals surface area (Å²) in [4.78, 5) is 12.9. The van der Waals surface area contributed by atoms with Gasteiger partial charge >= 0.3 is 0 Å². The highest BCUT2D eigenvalue weighted by Crippen LogP contribution is 2.61. The molecule has 5 rings (SSSR count). The Morgan fingerprint density at radius 2 is 1.77 bits per heavy atom. The third-order valence-electron chi connectivity index (χ3n) is 7.08. The molecule has 4 bridgehead atoms. The molecule has 0 aromatic heterocycles. The number of rotatable bonds is 6. The summed E-state index contributed by atoms with van der Waals surface area (Å²) < 4.78 is 10.9. The minimum atomic E-state index is -0.00501. The molecule has 1 unspecified atom stereocenters. The maximum atomic E-state index is 12.9. The molecule has 142 valence electrons. The molecular formula is C22H31NO3. The van der Waals surface area contributed by atoms with Crippen molar-refractivity contribution in [2.45, 2.75) is 58.4 Å². The monoisotopic (exact) mass is 357 g/mol. The third-order valence-corrected chi connectivity index (χ3v) is 7.08. The van der Waals surface area contributed by atoms with Crippen LogP contribution in [-0.2, 0) is 0 Å². The molecule has 1 atom stereocenters. The molecule has 4 saturated carbocycles. The quantitative estimate of drug-likeness (QED) is 0.819. The average Bonchev–Trinajstić information content (AvgIpc) is 2.61. The van der Waals surface area contributed by atoms with Gasteiger partial charge in [0.1, 0.15) is 0 Å². The summed E-state index contributed by atoms with van der Waals surface area (Å²) in [6.45, 7) is 4.73. The van der Waals surface area contributed by atoms with E-state index in [0.717, 1.165) is 17.8 Å².